The van der Waals surface area contributed by atoms with Gasteiger partial charge in [0, 0.05) is 6.20 Å². The first-order chi connectivity index (χ1) is 14.2. The van der Waals surface area contributed by atoms with Crippen molar-refractivity contribution in [3.8, 4) is 5.69 Å². The van der Waals surface area contributed by atoms with Crippen LogP contribution in [0.15, 0.2) is 97.3 Å². The normalized spacial score (nSPS) is 11.8. The van der Waals surface area contributed by atoms with Gasteiger partial charge in [-0.1, -0.05) is 78.4 Å². The van der Waals surface area contributed by atoms with E-state index in [1.807, 2.05) is 66.9 Å². The molecule has 0 saturated carbocycles. The quantitative estimate of drug-likeness (QED) is 0.529. The number of aromatic nitrogens is 2. The van der Waals surface area contributed by atoms with E-state index in [4.69, 9.17) is 0 Å². The highest BCUT2D eigenvalue weighted by Crippen LogP contribution is 2.22. The zero-order chi connectivity index (χ0) is 20.1. The largest absolute Gasteiger partial charge is 0.345 e. The summed E-state index contributed by atoms with van der Waals surface area (Å²) in [6.45, 7) is 2.06. The monoisotopic (exact) mass is 381 g/mol. The Hall–Kier alpha value is -3.66. The van der Waals surface area contributed by atoms with Gasteiger partial charge in [0.2, 0.25) is 5.91 Å². The molecule has 0 bridgehead atoms. The van der Waals surface area contributed by atoms with Crippen LogP contribution < -0.4 is 5.32 Å². The predicted octanol–water partition coefficient (Wildman–Crippen LogP) is 4.63. The summed E-state index contributed by atoms with van der Waals surface area (Å²) in [5, 5.41) is 7.57. The summed E-state index contributed by atoms with van der Waals surface area (Å²) in [5.41, 5.74) is 5.17. The van der Waals surface area contributed by atoms with Crippen LogP contribution in [0.5, 0.6) is 0 Å². The maximum atomic E-state index is 12.8. The molecule has 4 heteroatoms. The van der Waals surface area contributed by atoms with Crippen molar-refractivity contribution in [1.82, 2.24) is 15.1 Å². The fraction of sp³-hybridized carbons (Fsp3) is 0.120. The molecular weight excluding hydrogens is 358 g/mol. The van der Waals surface area contributed by atoms with E-state index in [0.717, 1.165) is 22.4 Å². The highest BCUT2D eigenvalue weighted by atomic mass is 16.1. The highest BCUT2D eigenvalue weighted by Gasteiger charge is 2.17. The van der Waals surface area contributed by atoms with Crippen LogP contribution in [0, 0.1) is 6.92 Å². The summed E-state index contributed by atoms with van der Waals surface area (Å²) in [5.74, 6) is -0.0351. The van der Waals surface area contributed by atoms with Gasteiger partial charge < -0.3 is 5.32 Å². The van der Waals surface area contributed by atoms with Gasteiger partial charge >= 0.3 is 0 Å². The third-order valence-corrected chi connectivity index (χ3v) is 4.87. The van der Waals surface area contributed by atoms with Gasteiger partial charge in [-0.25, -0.2) is 4.68 Å². The number of nitrogens with one attached hydrogen (secondary N) is 1. The summed E-state index contributed by atoms with van der Waals surface area (Å²) in [6, 6.07) is 28.0. The minimum atomic E-state index is -0.187. The maximum Gasteiger partial charge on any atom is 0.225 e. The molecule has 4 nitrogen and oxygen atoms in total. The summed E-state index contributed by atoms with van der Waals surface area (Å²) in [7, 11) is 0. The fourth-order valence-electron chi connectivity index (χ4n) is 3.33. The second-order valence-electron chi connectivity index (χ2n) is 7.13. The number of carbonyl (C=O) groups is 1. The molecule has 1 N–H and O–H groups in total. The Kier molecular flexibility index (Phi) is 5.52. The second-order valence-corrected chi connectivity index (χ2v) is 7.13. The number of hydrogen-bond acceptors (Lipinski definition) is 2. The molecule has 4 aromatic rings. The smallest absolute Gasteiger partial charge is 0.225 e. The standard InChI is InChI=1S/C25H23N3O/c1-19-12-14-22(15-13-19)25(21-8-4-2-5-9-21)27-24(29)16-20-17-26-28(18-20)23-10-6-3-7-11-23/h2-15,17-18,25H,16H2,1H3,(H,27,29). The molecule has 0 aliphatic heterocycles. The summed E-state index contributed by atoms with van der Waals surface area (Å²) in [4.78, 5) is 12.8. The number of amides is 1. The van der Waals surface area contributed by atoms with Crippen molar-refractivity contribution in [2.24, 2.45) is 0 Å². The lowest BCUT2D eigenvalue weighted by atomic mass is 9.97. The fourth-order valence-corrected chi connectivity index (χ4v) is 3.33. The van der Waals surface area contributed by atoms with E-state index in [1.165, 1.54) is 5.56 Å². The molecule has 4 rings (SSSR count). The van der Waals surface area contributed by atoms with E-state index >= 15 is 0 Å². The van der Waals surface area contributed by atoms with Crippen molar-refractivity contribution in [1.29, 1.82) is 0 Å². The second kappa shape index (κ2) is 8.57. The molecule has 0 saturated heterocycles. The lowest BCUT2D eigenvalue weighted by Crippen LogP contribution is -2.30. The first kappa shape index (κ1) is 18.7. The van der Waals surface area contributed by atoms with E-state index in [-0.39, 0.29) is 18.4 Å². The Bertz CT molecular complexity index is 1070. The summed E-state index contributed by atoms with van der Waals surface area (Å²) < 4.78 is 1.79. The molecule has 144 valence electrons. The zero-order valence-corrected chi connectivity index (χ0v) is 16.3. The van der Waals surface area contributed by atoms with Crippen molar-refractivity contribution < 1.29 is 4.79 Å². The molecule has 1 aromatic heterocycles. The van der Waals surface area contributed by atoms with E-state index in [9.17, 15) is 4.79 Å². The van der Waals surface area contributed by atoms with Crippen molar-refractivity contribution in [3.05, 3.63) is 120 Å². The minimum absolute atomic E-state index is 0.0351. The van der Waals surface area contributed by atoms with Gasteiger partial charge in [0.15, 0.2) is 0 Å². The number of rotatable bonds is 6. The molecule has 1 unspecified atom stereocenters. The molecule has 0 radical (unpaired) electrons. The van der Waals surface area contributed by atoms with Gasteiger partial charge in [-0.05, 0) is 35.7 Å². The van der Waals surface area contributed by atoms with Gasteiger partial charge in [-0.2, -0.15) is 5.10 Å². The van der Waals surface area contributed by atoms with Crippen molar-refractivity contribution in [3.63, 3.8) is 0 Å². The lowest BCUT2D eigenvalue weighted by Gasteiger charge is -2.20. The molecule has 0 aliphatic carbocycles. The Morgan fingerprint density at radius 1 is 0.897 bits per heavy atom. The third-order valence-electron chi connectivity index (χ3n) is 4.87. The summed E-state index contributed by atoms with van der Waals surface area (Å²) >= 11 is 0. The van der Waals surface area contributed by atoms with E-state index in [0.29, 0.717) is 0 Å². The van der Waals surface area contributed by atoms with Gasteiger partial charge in [0.05, 0.1) is 24.3 Å². The number of aryl methyl sites for hydroxylation is 1. The van der Waals surface area contributed by atoms with Gasteiger partial charge in [-0.15, -0.1) is 0 Å². The Labute approximate surface area is 170 Å². The van der Waals surface area contributed by atoms with Crippen LogP contribution in [0.4, 0.5) is 0 Å². The van der Waals surface area contributed by atoms with E-state index in [2.05, 4.69) is 41.6 Å². The molecule has 1 heterocycles. The van der Waals surface area contributed by atoms with Crippen LogP contribution >= 0.6 is 0 Å². The van der Waals surface area contributed by atoms with Gasteiger partial charge in [-0.3, -0.25) is 4.79 Å². The van der Waals surface area contributed by atoms with E-state index < -0.39 is 0 Å². The van der Waals surface area contributed by atoms with Crippen LogP contribution in [-0.2, 0) is 11.2 Å². The number of benzene rings is 3. The predicted molar refractivity (Wildman–Crippen MR) is 115 cm³/mol. The molecule has 0 fully saturated rings. The number of para-hydroxylation sites is 1. The van der Waals surface area contributed by atoms with Crippen LogP contribution in [0.25, 0.3) is 5.69 Å². The molecule has 1 amide bonds. The van der Waals surface area contributed by atoms with Crippen LogP contribution in [-0.4, -0.2) is 15.7 Å². The molecule has 1 atom stereocenters. The first-order valence-electron chi connectivity index (χ1n) is 9.69. The van der Waals surface area contributed by atoms with Crippen molar-refractivity contribution >= 4 is 5.91 Å². The average Bonchev–Trinajstić information content (AvgIpc) is 3.22. The maximum absolute atomic E-state index is 12.8. The topological polar surface area (TPSA) is 46.9 Å². The molecular formula is C25H23N3O. The third kappa shape index (κ3) is 4.61. The lowest BCUT2D eigenvalue weighted by molar-refractivity contribution is -0.120. The first-order valence-corrected chi connectivity index (χ1v) is 9.69. The molecule has 29 heavy (non-hydrogen) atoms. The average molecular weight is 381 g/mol. The van der Waals surface area contributed by atoms with E-state index in [1.54, 1.807) is 10.9 Å². The number of nitrogens with zero attached hydrogens (tertiary/aromatic N) is 2. The van der Waals surface area contributed by atoms with Crippen LogP contribution in [0.1, 0.15) is 28.3 Å². The SMILES string of the molecule is Cc1ccc(C(NC(=O)Cc2cnn(-c3ccccc3)c2)c2ccccc2)cc1. The number of carbonyl (C=O) groups excluding carboxylic acids is 1. The Morgan fingerprint density at radius 3 is 2.21 bits per heavy atom. The highest BCUT2D eigenvalue weighted by molar-refractivity contribution is 5.79. The van der Waals surface area contributed by atoms with Crippen molar-refractivity contribution in [2.45, 2.75) is 19.4 Å². The Morgan fingerprint density at radius 2 is 1.52 bits per heavy atom. The minimum Gasteiger partial charge on any atom is -0.345 e. The molecule has 0 spiro atoms. The summed E-state index contributed by atoms with van der Waals surface area (Å²) in [6.07, 6.45) is 3.93. The van der Waals surface area contributed by atoms with Gasteiger partial charge in [0.1, 0.15) is 0 Å². The number of hydrogen-bond donors (Lipinski definition) is 1. The molecule has 0 aliphatic rings. The van der Waals surface area contributed by atoms with Crippen LogP contribution in [0.3, 0.4) is 0 Å². The molecule has 3 aromatic carbocycles. The van der Waals surface area contributed by atoms with Crippen molar-refractivity contribution in [2.75, 3.05) is 0 Å². The van der Waals surface area contributed by atoms with Gasteiger partial charge in [0.25, 0.3) is 0 Å². The Balaban J connectivity index is 1.51. The van der Waals surface area contributed by atoms with Crippen LogP contribution in [0.2, 0.25) is 0 Å². The zero-order valence-electron chi connectivity index (χ0n) is 16.3.